The number of halogens is 2. The molecule has 0 bridgehead atoms. The predicted molar refractivity (Wildman–Crippen MR) is 79.6 cm³/mol. The lowest BCUT2D eigenvalue weighted by Crippen LogP contribution is -2.15. The van der Waals surface area contributed by atoms with E-state index < -0.39 is 5.91 Å². The average molecular weight is 312 g/mol. The first kappa shape index (κ1) is 14.4. The summed E-state index contributed by atoms with van der Waals surface area (Å²) in [5, 5.41) is 3.31. The minimum atomic E-state index is -0.497. The molecule has 1 aromatic carbocycles. The highest BCUT2D eigenvalue weighted by molar-refractivity contribution is 6.34. The molecule has 0 aliphatic rings. The standard InChI is InChI=1S/C13H11Cl2N3O2/c1-20-10-4-2-7(14)6-9(10)17-13(19)12-8(15)3-5-11(16)18-12/h2-6H,1H3,(H2,16,18)(H,17,19). The van der Waals surface area contributed by atoms with E-state index in [2.05, 4.69) is 10.3 Å². The first-order valence-corrected chi connectivity index (χ1v) is 6.33. The van der Waals surface area contributed by atoms with Gasteiger partial charge in [-0.3, -0.25) is 4.79 Å². The number of aromatic nitrogens is 1. The van der Waals surface area contributed by atoms with Crippen LogP contribution < -0.4 is 15.8 Å². The van der Waals surface area contributed by atoms with Crippen LogP contribution in [0, 0.1) is 0 Å². The molecule has 2 rings (SSSR count). The fourth-order valence-electron chi connectivity index (χ4n) is 1.58. The van der Waals surface area contributed by atoms with Crippen molar-refractivity contribution in [3.63, 3.8) is 0 Å². The van der Waals surface area contributed by atoms with E-state index in [0.29, 0.717) is 16.5 Å². The predicted octanol–water partition coefficient (Wildman–Crippen LogP) is 3.23. The fourth-order valence-corrected chi connectivity index (χ4v) is 1.94. The van der Waals surface area contributed by atoms with Crippen molar-refractivity contribution in [1.29, 1.82) is 0 Å². The molecule has 1 aromatic heterocycles. The Morgan fingerprint density at radius 2 is 2.05 bits per heavy atom. The number of hydrogen-bond donors (Lipinski definition) is 2. The molecular weight excluding hydrogens is 301 g/mol. The number of amides is 1. The Kier molecular flexibility index (Phi) is 4.32. The van der Waals surface area contributed by atoms with Crippen LogP contribution in [0.15, 0.2) is 30.3 Å². The molecule has 0 saturated carbocycles. The summed E-state index contributed by atoms with van der Waals surface area (Å²) in [5.41, 5.74) is 6.00. The number of nitrogens with two attached hydrogens (primary N) is 1. The number of benzene rings is 1. The molecule has 1 heterocycles. The SMILES string of the molecule is COc1ccc(Cl)cc1NC(=O)c1nc(N)ccc1Cl. The lowest BCUT2D eigenvalue weighted by atomic mass is 10.2. The number of methoxy groups -OCH3 is 1. The van der Waals surface area contributed by atoms with Crippen LogP contribution >= 0.6 is 23.2 Å². The van der Waals surface area contributed by atoms with Gasteiger partial charge in [-0.2, -0.15) is 0 Å². The number of carbonyl (C=O) groups is 1. The second kappa shape index (κ2) is 5.98. The Hall–Kier alpha value is -1.98. The summed E-state index contributed by atoms with van der Waals surface area (Å²) >= 11 is 11.8. The number of anilines is 2. The van der Waals surface area contributed by atoms with Crippen molar-refractivity contribution in [1.82, 2.24) is 4.98 Å². The van der Waals surface area contributed by atoms with E-state index in [0.717, 1.165) is 0 Å². The number of nitrogens with zero attached hydrogens (tertiary/aromatic N) is 1. The van der Waals surface area contributed by atoms with Crippen molar-refractivity contribution in [2.45, 2.75) is 0 Å². The van der Waals surface area contributed by atoms with Gasteiger partial charge in [-0.15, -0.1) is 0 Å². The molecule has 0 aliphatic carbocycles. The van der Waals surface area contributed by atoms with E-state index >= 15 is 0 Å². The number of pyridine rings is 1. The molecule has 0 aliphatic heterocycles. The lowest BCUT2D eigenvalue weighted by Gasteiger charge is -2.11. The zero-order valence-corrected chi connectivity index (χ0v) is 12.0. The third kappa shape index (κ3) is 3.12. The normalized spacial score (nSPS) is 10.2. The van der Waals surface area contributed by atoms with Gasteiger partial charge in [0.15, 0.2) is 0 Å². The Bertz CT molecular complexity index is 662. The molecule has 0 fully saturated rings. The van der Waals surface area contributed by atoms with Crippen molar-refractivity contribution in [3.05, 3.63) is 46.1 Å². The van der Waals surface area contributed by atoms with Crippen molar-refractivity contribution < 1.29 is 9.53 Å². The minimum Gasteiger partial charge on any atom is -0.495 e. The first-order valence-electron chi connectivity index (χ1n) is 5.58. The van der Waals surface area contributed by atoms with Gasteiger partial charge in [0.05, 0.1) is 17.8 Å². The smallest absolute Gasteiger partial charge is 0.276 e. The molecule has 20 heavy (non-hydrogen) atoms. The fraction of sp³-hybridized carbons (Fsp3) is 0.0769. The molecule has 2 aromatic rings. The number of hydrogen-bond acceptors (Lipinski definition) is 4. The van der Waals surface area contributed by atoms with Crippen LogP contribution in [0.25, 0.3) is 0 Å². The lowest BCUT2D eigenvalue weighted by molar-refractivity contribution is 0.102. The van der Waals surface area contributed by atoms with E-state index in [1.807, 2.05) is 0 Å². The maximum atomic E-state index is 12.2. The molecule has 104 valence electrons. The molecular formula is C13H11Cl2N3O2. The average Bonchev–Trinajstić information content (AvgIpc) is 2.41. The zero-order chi connectivity index (χ0) is 14.7. The second-order valence-corrected chi connectivity index (χ2v) is 4.71. The quantitative estimate of drug-likeness (QED) is 0.912. The van der Waals surface area contributed by atoms with Gasteiger partial charge >= 0.3 is 0 Å². The van der Waals surface area contributed by atoms with Crippen LogP contribution in [0.3, 0.4) is 0 Å². The monoisotopic (exact) mass is 311 g/mol. The molecule has 0 saturated heterocycles. The summed E-state index contributed by atoms with van der Waals surface area (Å²) in [5.74, 6) is 0.184. The summed E-state index contributed by atoms with van der Waals surface area (Å²) < 4.78 is 5.14. The molecule has 7 heteroatoms. The van der Waals surface area contributed by atoms with E-state index in [4.69, 9.17) is 33.7 Å². The molecule has 1 amide bonds. The van der Waals surface area contributed by atoms with Crippen molar-refractivity contribution in [2.24, 2.45) is 0 Å². The van der Waals surface area contributed by atoms with E-state index in [1.54, 1.807) is 18.2 Å². The van der Waals surface area contributed by atoms with Crippen LogP contribution in [0.4, 0.5) is 11.5 Å². The summed E-state index contributed by atoms with van der Waals surface area (Å²) in [6, 6.07) is 7.89. The second-order valence-electron chi connectivity index (χ2n) is 3.87. The van der Waals surface area contributed by atoms with Gasteiger partial charge in [0.1, 0.15) is 17.3 Å². The largest absolute Gasteiger partial charge is 0.495 e. The molecule has 0 unspecified atom stereocenters. The Balaban J connectivity index is 2.32. The molecule has 0 spiro atoms. The highest BCUT2D eigenvalue weighted by Crippen LogP contribution is 2.28. The Morgan fingerprint density at radius 3 is 2.75 bits per heavy atom. The Morgan fingerprint density at radius 1 is 1.30 bits per heavy atom. The van der Waals surface area contributed by atoms with Crippen LogP contribution in [0.2, 0.25) is 10.0 Å². The van der Waals surface area contributed by atoms with Crippen LogP contribution in [0.1, 0.15) is 10.5 Å². The summed E-state index contributed by atoms with van der Waals surface area (Å²) in [7, 11) is 1.49. The molecule has 0 radical (unpaired) electrons. The van der Waals surface area contributed by atoms with E-state index in [1.165, 1.54) is 19.2 Å². The first-order chi connectivity index (χ1) is 9.51. The minimum absolute atomic E-state index is 0.0358. The van der Waals surface area contributed by atoms with Gasteiger partial charge in [-0.25, -0.2) is 4.98 Å². The summed E-state index contributed by atoms with van der Waals surface area (Å²) in [6.07, 6.45) is 0. The zero-order valence-electron chi connectivity index (χ0n) is 10.5. The van der Waals surface area contributed by atoms with Gasteiger partial charge in [-0.1, -0.05) is 23.2 Å². The summed E-state index contributed by atoms with van der Waals surface area (Å²) in [4.78, 5) is 16.1. The van der Waals surface area contributed by atoms with Gasteiger partial charge in [0.2, 0.25) is 0 Å². The summed E-state index contributed by atoms with van der Waals surface area (Å²) in [6.45, 7) is 0. The van der Waals surface area contributed by atoms with Gasteiger partial charge in [0.25, 0.3) is 5.91 Å². The number of rotatable bonds is 3. The van der Waals surface area contributed by atoms with Gasteiger partial charge in [-0.05, 0) is 30.3 Å². The number of ether oxygens (including phenoxy) is 1. The maximum absolute atomic E-state index is 12.2. The third-order valence-electron chi connectivity index (χ3n) is 2.49. The molecule has 0 atom stereocenters. The number of carbonyl (C=O) groups excluding carboxylic acids is 1. The van der Waals surface area contributed by atoms with Crippen molar-refractivity contribution in [2.75, 3.05) is 18.2 Å². The van der Waals surface area contributed by atoms with Gasteiger partial charge in [0, 0.05) is 5.02 Å². The van der Waals surface area contributed by atoms with E-state index in [-0.39, 0.29) is 16.5 Å². The topological polar surface area (TPSA) is 77.2 Å². The molecule has 3 N–H and O–H groups in total. The number of nitrogens with one attached hydrogen (secondary N) is 1. The Labute approximate surface area is 125 Å². The third-order valence-corrected chi connectivity index (χ3v) is 3.03. The van der Waals surface area contributed by atoms with Crippen LogP contribution in [0.5, 0.6) is 5.75 Å². The van der Waals surface area contributed by atoms with Crippen molar-refractivity contribution >= 4 is 40.6 Å². The maximum Gasteiger partial charge on any atom is 0.276 e. The number of nitrogen functional groups attached to an aromatic ring is 1. The highest BCUT2D eigenvalue weighted by atomic mass is 35.5. The van der Waals surface area contributed by atoms with Gasteiger partial charge < -0.3 is 15.8 Å². The van der Waals surface area contributed by atoms with E-state index in [9.17, 15) is 4.79 Å². The van der Waals surface area contributed by atoms with Crippen LogP contribution in [-0.4, -0.2) is 18.0 Å². The van der Waals surface area contributed by atoms with Crippen molar-refractivity contribution in [3.8, 4) is 5.75 Å². The van der Waals surface area contributed by atoms with Crippen LogP contribution in [-0.2, 0) is 0 Å². The highest BCUT2D eigenvalue weighted by Gasteiger charge is 2.15. The molecule has 5 nitrogen and oxygen atoms in total.